The van der Waals surface area contributed by atoms with Gasteiger partial charge in [-0.15, -0.1) is 13.2 Å². The highest BCUT2D eigenvalue weighted by Crippen LogP contribution is 2.50. The Hall–Kier alpha value is -7.77. The van der Waals surface area contributed by atoms with E-state index in [1.807, 2.05) is 24.3 Å². The van der Waals surface area contributed by atoms with Crippen molar-refractivity contribution in [2.75, 3.05) is 9.80 Å². The Morgan fingerprint density at radius 1 is 0.357 bits per heavy atom. The van der Waals surface area contributed by atoms with Gasteiger partial charge in [-0.2, -0.15) is 0 Å². The van der Waals surface area contributed by atoms with E-state index in [0.717, 1.165) is 128 Å². The van der Waals surface area contributed by atoms with Crippen LogP contribution in [0, 0.1) is 55.4 Å². The molecule has 2 aliphatic heterocycles. The Labute approximate surface area is 409 Å². The van der Waals surface area contributed by atoms with Gasteiger partial charge < -0.3 is 14.5 Å². The van der Waals surface area contributed by atoms with Gasteiger partial charge in [-0.1, -0.05) is 121 Å². The third kappa shape index (κ3) is 7.56. The molecule has 0 bridgehead atoms. The van der Waals surface area contributed by atoms with Crippen LogP contribution in [0.5, 0.6) is 5.75 Å². The topological polar surface area (TPSA) is 15.7 Å². The van der Waals surface area contributed by atoms with Crippen molar-refractivity contribution in [1.82, 2.24) is 0 Å². The van der Waals surface area contributed by atoms with Crippen molar-refractivity contribution in [3.63, 3.8) is 0 Å². The Bertz CT molecular complexity index is 3370. The van der Waals surface area contributed by atoms with Gasteiger partial charge in [0.2, 0.25) is 0 Å². The lowest BCUT2D eigenvalue weighted by Gasteiger charge is -2.46. The van der Waals surface area contributed by atoms with E-state index >= 15 is 0 Å². The fourth-order valence-corrected chi connectivity index (χ4v) is 11.4. The van der Waals surface area contributed by atoms with Crippen LogP contribution < -0.4 is 30.9 Å². The fourth-order valence-electron chi connectivity index (χ4n) is 11.4. The number of hydrogen-bond donors (Lipinski definition) is 0. The molecule has 3 nitrogen and oxygen atoms in total. The minimum atomic E-state index is -4.94. The fraction of sp³-hybridized carbons (Fsp3) is 0.143. The number of hydrogen-bond acceptors (Lipinski definition) is 3. The first kappa shape index (κ1) is 44.7. The Balaban J connectivity index is 1.26. The van der Waals surface area contributed by atoms with Crippen molar-refractivity contribution in [3.8, 4) is 50.3 Å². The van der Waals surface area contributed by atoms with Crippen molar-refractivity contribution in [3.05, 3.63) is 214 Å². The van der Waals surface area contributed by atoms with Crippen molar-refractivity contribution in [2.24, 2.45) is 0 Å². The monoisotopic (exact) mass is 920 g/mol. The lowest BCUT2D eigenvalue weighted by atomic mass is 9.33. The van der Waals surface area contributed by atoms with Crippen LogP contribution in [0.15, 0.2) is 170 Å². The SMILES string of the molecule is Cc1ccccc1-c1ccc(N2c3cc(OC(F)(F)F)cc4c3B(c3cc(-c5ccccc5C)cc(C)c32)c2cc(-c3ccccc3C)cc(C)c2N4c2ccc(-c3ccccc3C)cc2C)c(C)c1. The molecule has 0 aliphatic carbocycles. The molecule has 0 radical (unpaired) electrons. The highest BCUT2D eigenvalue weighted by Gasteiger charge is 2.46. The summed E-state index contributed by atoms with van der Waals surface area (Å²) in [4.78, 5) is 4.41. The van der Waals surface area contributed by atoms with Crippen molar-refractivity contribution < 1.29 is 17.9 Å². The van der Waals surface area contributed by atoms with Crippen LogP contribution >= 0.6 is 0 Å². The number of fused-ring (bicyclic) bond motifs is 4. The molecular weight excluding hydrogens is 869 g/mol. The number of alkyl halides is 3. The summed E-state index contributed by atoms with van der Waals surface area (Å²) in [6.45, 7) is 16.6. The van der Waals surface area contributed by atoms with Crippen LogP contribution in [0.1, 0.15) is 44.5 Å². The average Bonchev–Trinajstić information content (AvgIpc) is 3.32. The molecule has 0 atom stereocenters. The molecule has 9 aromatic carbocycles. The average molecular weight is 921 g/mol. The smallest absolute Gasteiger partial charge is 0.406 e. The molecule has 0 saturated heterocycles. The summed E-state index contributed by atoms with van der Waals surface area (Å²) >= 11 is 0. The normalized spacial score (nSPS) is 12.7. The minimum absolute atomic E-state index is 0.284. The number of rotatable bonds is 7. The van der Waals surface area contributed by atoms with Crippen LogP contribution in [0.3, 0.4) is 0 Å². The first-order chi connectivity index (χ1) is 33.6. The van der Waals surface area contributed by atoms with E-state index in [-0.39, 0.29) is 12.5 Å². The van der Waals surface area contributed by atoms with E-state index in [2.05, 4.69) is 199 Å². The molecule has 70 heavy (non-hydrogen) atoms. The molecule has 0 spiro atoms. The molecule has 0 amide bonds. The number of halogens is 3. The van der Waals surface area contributed by atoms with E-state index in [0.29, 0.717) is 11.4 Å². The first-order valence-corrected chi connectivity index (χ1v) is 23.9. The molecule has 344 valence electrons. The number of benzene rings is 9. The summed E-state index contributed by atoms with van der Waals surface area (Å²) in [5.41, 5.74) is 25.4. The molecular formula is C63H52BF3N2O. The van der Waals surface area contributed by atoms with E-state index in [1.54, 1.807) is 12.1 Å². The Morgan fingerprint density at radius 2 is 0.700 bits per heavy atom. The zero-order valence-corrected chi connectivity index (χ0v) is 40.7. The van der Waals surface area contributed by atoms with Gasteiger partial charge in [-0.3, -0.25) is 0 Å². The molecule has 11 rings (SSSR count). The molecule has 2 aliphatic rings. The number of aryl methyl sites for hydroxylation is 8. The summed E-state index contributed by atoms with van der Waals surface area (Å²) in [6.07, 6.45) is -4.94. The van der Waals surface area contributed by atoms with Gasteiger partial charge in [0, 0.05) is 46.3 Å². The van der Waals surface area contributed by atoms with Crippen LogP contribution in [0.2, 0.25) is 0 Å². The highest BCUT2D eigenvalue weighted by atomic mass is 19.4. The van der Waals surface area contributed by atoms with Crippen LogP contribution in [-0.4, -0.2) is 13.1 Å². The van der Waals surface area contributed by atoms with Gasteiger partial charge in [0.15, 0.2) is 0 Å². The van der Waals surface area contributed by atoms with Crippen molar-refractivity contribution in [2.45, 2.75) is 61.8 Å². The van der Waals surface area contributed by atoms with E-state index in [4.69, 9.17) is 4.74 Å². The summed E-state index contributed by atoms with van der Waals surface area (Å²) in [5.74, 6) is -0.284. The second-order valence-electron chi connectivity index (χ2n) is 19.3. The third-order valence-electron chi connectivity index (χ3n) is 14.5. The lowest BCUT2D eigenvalue weighted by Crippen LogP contribution is -2.62. The summed E-state index contributed by atoms with van der Waals surface area (Å²) in [6, 6.07) is 58.9. The van der Waals surface area contributed by atoms with Crippen LogP contribution in [0.4, 0.5) is 47.3 Å². The Morgan fingerprint density at radius 3 is 1.04 bits per heavy atom. The van der Waals surface area contributed by atoms with Gasteiger partial charge in [0.1, 0.15) is 5.75 Å². The van der Waals surface area contributed by atoms with E-state index in [1.165, 1.54) is 0 Å². The van der Waals surface area contributed by atoms with Gasteiger partial charge in [-0.25, -0.2) is 0 Å². The standard InChI is InChI=1S/C63H52BF3N2O/c1-37-17-9-13-21-50(37)45-25-27-56(41(5)29-45)68-58-35-49(70-63(65,66)67)36-59-60(58)64(54-33-47(31-43(7)61(54)68)52-23-15-11-19-39(52)3)55-34-48(53-24-16-12-20-40(53)4)32-44(8)62(55)69(59)57-28-26-46(30-42(57)6)51-22-14-10-18-38(51)2/h9-36H,1-8H3. The maximum atomic E-state index is 14.8. The van der Waals surface area contributed by atoms with Crippen LogP contribution in [0.25, 0.3) is 44.5 Å². The van der Waals surface area contributed by atoms with Crippen molar-refractivity contribution in [1.29, 1.82) is 0 Å². The molecule has 0 aromatic heterocycles. The molecule has 0 unspecified atom stereocenters. The number of ether oxygens (including phenoxy) is 1. The second-order valence-corrected chi connectivity index (χ2v) is 19.3. The van der Waals surface area contributed by atoms with Crippen LogP contribution in [-0.2, 0) is 0 Å². The number of nitrogens with zero attached hydrogens (tertiary/aromatic N) is 2. The molecule has 0 fully saturated rings. The summed E-state index contributed by atoms with van der Waals surface area (Å²) in [5, 5.41) is 0. The maximum absolute atomic E-state index is 14.8. The Kier molecular flexibility index (Phi) is 10.9. The molecule has 0 N–H and O–H groups in total. The molecule has 0 saturated carbocycles. The molecule has 9 aromatic rings. The quantitative estimate of drug-likeness (QED) is 0.148. The van der Waals surface area contributed by atoms with Gasteiger partial charge in [0.05, 0.1) is 0 Å². The van der Waals surface area contributed by atoms with Crippen molar-refractivity contribution >= 4 is 57.2 Å². The minimum Gasteiger partial charge on any atom is -0.406 e. The van der Waals surface area contributed by atoms with Gasteiger partial charge >= 0.3 is 6.36 Å². The molecule has 2 heterocycles. The molecule has 7 heteroatoms. The lowest BCUT2D eigenvalue weighted by molar-refractivity contribution is -0.274. The van der Waals surface area contributed by atoms with E-state index in [9.17, 15) is 13.2 Å². The predicted molar refractivity (Wildman–Crippen MR) is 287 cm³/mol. The first-order valence-electron chi connectivity index (χ1n) is 23.9. The summed E-state index contributed by atoms with van der Waals surface area (Å²) < 4.78 is 49.4. The number of anilines is 6. The maximum Gasteiger partial charge on any atom is 0.573 e. The zero-order valence-electron chi connectivity index (χ0n) is 40.7. The van der Waals surface area contributed by atoms with Gasteiger partial charge in [-0.05, 0) is 197 Å². The summed E-state index contributed by atoms with van der Waals surface area (Å²) in [7, 11) is 0. The second kappa shape index (κ2) is 17.0. The highest BCUT2D eigenvalue weighted by molar-refractivity contribution is 7.00. The third-order valence-corrected chi connectivity index (χ3v) is 14.5. The zero-order chi connectivity index (χ0) is 48.7. The predicted octanol–water partition coefficient (Wildman–Crippen LogP) is 15.8. The van der Waals surface area contributed by atoms with E-state index < -0.39 is 6.36 Å². The largest absolute Gasteiger partial charge is 0.573 e. The van der Waals surface area contributed by atoms with Gasteiger partial charge in [0.25, 0.3) is 6.71 Å².